The SMILES string of the molecule is CCOC(=O)C(C)CS(=O)(=O)CC(C)CC. The second-order valence-corrected chi connectivity index (χ2v) is 6.40. The zero-order chi connectivity index (χ0) is 12.8. The first-order valence-electron chi connectivity index (χ1n) is 5.69. The Kier molecular flexibility index (Phi) is 6.64. The number of ether oxygens (including phenoxy) is 1. The number of hydrogen-bond donors (Lipinski definition) is 0. The molecule has 0 saturated carbocycles. The minimum atomic E-state index is -3.16. The van der Waals surface area contributed by atoms with Crippen LogP contribution >= 0.6 is 0 Å². The molecule has 96 valence electrons. The van der Waals surface area contributed by atoms with E-state index in [0.29, 0.717) is 0 Å². The molecule has 0 aliphatic heterocycles. The fourth-order valence-electron chi connectivity index (χ4n) is 1.35. The Morgan fingerprint density at radius 2 is 1.75 bits per heavy atom. The van der Waals surface area contributed by atoms with E-state index in [-0.39, 0.29) is 24.0 Å². The molecule has 2 unspecified atom stereocenters. The summed E-state index contributed by atoms with van der Waals surface area (Å²) in [7, 11) is -3.16. The molecular formula is C11H22O4S. The highest BCUT2D eigenvalue weighted by Crippen LogP contribution is 2.10. The first-order chi connectivity index (χ1) is 7.32. The molecule has 0 aliphatic carbocycles. The van der Waals surface area contributed by atoms with Crippen LogP contribution in [0.2, 0.25) is 0 Å². The van der Waals surface area contributed by atoms with Crippen LogP contribution in [0.3, 0.4) is 0 Å². The van der Waals surface area contributed by atoms with Gasteiger partial charge in [-0.05, 0) is 12.8 Å². The van der Waals surface area contributed by atoms with E-state index in [1.165, 1.54) is 0 Å². The average Bonchev–Trinajstić information content (AvgIpc) is 2.16. The van der Waals surface area contributed by atoms with Crippen LogP contribution in [0.25, 0.3) is 0 Å². The molecule has 0 aromatic carbocycles. The first-order valence-corrected chi connectivity index (χ1v) is 7.51. The van der Waals surface area contributed by atoms with Gasteiger partial charge >= 0.3 is 5.97 Å². The third kappa shape index (κ3) is 6.10. The molecule has 0 aliphatic rings. The topological polar surface area (TPSA) is 60.4 Å². The van der Waals surface area contributed by atoms with E-state index >= 15 is 0 Å². The minimum absolute atomic E-state index is 0.115. The number of sulfone groups is 1. The maximum Gasteiger partial charge on any atom is 0.309 e. The van der Waals surface area contributed by atoms with E-state index in [1.54, 1.807) is 13.8 Å². The summed E-state index contributed by atoms with van der Waals surface area (Å²) in [6, 6.07) is 0. The molecule has 0 N–H and O–H groups in total. The lowest BCUT2D eigenvalue weighted by molar-refractivity contribution is -0.146. The Hall–Kier alpha value is -0.580. The molecule has 0 spiro atoms. The molecular weight excluding hydrogens is 228 g/mol. The van der Waals surface area contributed by atoms with E-state index < -0.39 is 21.7 Å². The van der Waals surface area contributed by atoms with Crippen LogP contribution in [0, 0.1) is 11.8 Å². The maximum atomic E-state index is 11.7. The molecule has 0 bridgehead atoms. The van der Waals surface area contributed by atoms with Crippen molar-refractivity contribution in [2.24, 2.45) is 11.8 Å². The summed E-state index contributed by atoms with van der Waals surface area (Å²) >= 11 is 0. The maximum absolute atomic E-state index is 11.7. The molecule has 0 aromatic rings. The van der Waals surface area contributed by atoms with Crippen molar-refractivity contribution in [3.8, 4) is 0 Å². The Balaban J connectivity index is 4.31. The van der Waals surface area contributed by atoms with Gasteiger partial charge in [-0.2, -0.15) is 0 Å². The van der Waals surface area contributed by atoms with Crippen LogP contribution in [0.5, 0.6) is 0 Å². The van der Waals surface area contributed by atoms with Crippen LogP contribution < -0.4 is 0 Å². The third-order valence-corrected chi connectivity index (χ3v) is 4.51. The standard InChI is InChI=1S/C11H22O4S/c1-5-9(3)7-16(13,14)8-10(4)11(12)15-6-2/h9-10H,5-8H2,1-4H3. The molecule has 0 saturated heterocycles. The van der Waals surface area contributed by atoms with Crippen LogP contribution in [-0.2, 0) is 19.4 Å². The molecule has 0 aromatic heterocycles. The van der Waals surface area contributed by atoms with Crippen LogP contribution in [0.4, 0.5) is 0 Å². The van der Waals surface area contributed by atoms with E-state index in [1.807, 2.05) is 13.8 Å². The Morgan fingerprint density at radius 3 is 2.19 bits per heavy atom. The van der Waals surface area contributed by atoms with Crippen LogP contribution in [0.15, 0.2) is 0 Å². The van der Waals surface area contributed by atoms with Crippen LogP contribution in [-0.4, -0.2) is 32.5 Å². The highest BCUT2D eigenvalue weighted by atomic mass is 32.2. The number of carbonyl (C=O) groups excluding carboxylic acids is 1. The quantitative estimate of drug-likeness (QED) is 0.645. The normalized spacial score (nSPS) is 15.5. The Labute approximate surface area is 98.3 Å². The molecule has 2 atom stereocenters. The molecule has 0 radical (unpaired) electrons. The summed E-state index contributed by atoms with van der Waals surface area (Å²) in [5.74, 6) is -0.840. The molecule has 4 nitrogen and oxygen atoms in total. The number of hydrogen-bond acceptors (Lipinski definition) is 4. The fraction of sp³-hybridized carbons (Fsp3) is 0.909. The predicted octanol–water partition coefficient (Wildman–Crippen LogP) is 1.65. The van der Waals surface area contributed by atoms with Gasteiger partial charge in [0.05, 0.1) is 24.0 Å². The van der Waals surface area contributed by atoms with Crippen molar-refractivity contribution in [3.05, 3.63) is 0 Å². The number of rotatable bonds is 7. The molecule has 0 fully saturated rings. The largest absolute Gasteiger partial charge is 0.466 e. The smallest absolute Gasteiger partial charge is 0.309 e. The van der Waals surface area contributed by atoms with Gasteiger partial charge in [0.2, 0.25) is 0 Å². The predicted molar refractivity (Wildman–Crippen MR) is 63.9 cm³/mol. The van der Waals surface area contributed by atoms with Crippen molar-refractivity contribution in [2.75, 3.05) is 18.1 Å². The Bertz CT molecular complexity index is 308. The third-order valence-electron chi connectivity index (χ3n) is 2.43. The van der Waals surface area contributed by atoms with Gasteiger partial charge in [-0.25, -0.2) is 8.42 Å². The average molecular weight is 250 g/mol. The van der Waals surface area contributed by atoms with Crippen molar-refractivity contribution in [1.82, 2.24) is 0 Å². The monoisotopic (exact) mass is 250 g/mol. The molecule has 5 heteroatoms. The summed E-state index contributed by atoms with van der Waals surface area (Å²) in [6.45, 7) is 7.43. The van der Waals surface area contributed by atoms with Gasteiger partial charge in [-0.1, -0.05) is 27.2 Å². The second kappa shape index (κ2) is 6.89. The number of esters is 1. The summed E-state index contributed by atoms with van der Waals surface area (Å²) in [6.07, 6.45) is 0.826. The van der Waals surface area contributed by atoms with Crippen molar-refractivity contribution in [2.45, 2.75) is 34.1 Å². The second-order valence-electron chi connectivity index (χ2n) is 4.24. The first kappa shape index (κ1) is 15.4. The summed E-state index contributed by atoms with van der Waals surface area (Å²) in [4.78, 5) is 11.3. The van der Waals surface area contributed by atoms with Gasteiger partial charge in [-0.3, -0.25) is 4.79 Å². The van der Waals surface area contributed by atoms with Crippen LogP contribution in [0.1, 0.15) is 34.1 Å². The fourth-order valence-corrected chi connectivity index (χ4v) is 3.49. The number of carbonyl (C=O) groups is 1. The zero-order valence-corrected chi connectivity index (χ0v) is 11.3. The van der Waals surface area contributed by atoms with Gasteiger partial charge in [-0.15, -0.1) is 0 Å². The van der Waals surface area contributed by atoms with E-state index in [4.69, 9.17) is 4.74 Å². The molecule has 0 heterocycles. The lowest BCUT2D eigenvalue weighted by Gasteiger charge is -2.13. The van der Waals surface area contributed by atoms with E-state index in [2.05, 4.69) is 0 Å². The van der Waals surface area contributed by atoms with Gasteiger partial charge in [0.1, 0.15) is 0 Å². The van der Waals surface area contributed by atoms with Crippen molar-refractivity contribution in [3.63, 3.8) is 0 Å². The molecule has 0 amide bonds. The highest BCUT2D eigenvalue weighted by molar-refractivity contribution is 7.91. The summed E-state index contributed by atoms with van der Waals surface area (Å²) < 4.78 is 28.2. The highest BCUT2D eigenvalue weighted by Gasteiger charge is 2.23. The Morgan fingerprint density at radius 1 is 1.19 bits per heavy atom. The summed E-state index contributed by atoms with van der Waals surface area (Å²) in [5, 5.41) is 0. The molecule has 16 heavy (non-hydrogen) atoms. The van der Waals surface area contributed by atoms with Gasteiger partial charge < -0.3 is 4.74 Å². The van der Waals surface area contributed by atoms with Gasteiger partial charge in [0.15, 0.2) is 9.84 Å². The van der Waals surface area contributed by atoms with Crippen molar-refractivity contribution >= 4 is 15.8 Å². The zero-order valence-electron chi connectivity index (χ0n) is 10.5. The van der Waals surface area contributed by atoms with E-state index in [0.717, 1.165) is 6.42 Å². The van der Waals surface area contributed by atoms with Crippen molar-refractivity contribution < 1.29 is 17.9 Å². The van der Waals surface area contributed by atoms with E-state index in [9.17, 15) is 13.2 Å². The lowest BCUT2D eigenvalue weighted by Crippen LogP contribution is -2.26. The lowest BCUT2D eigenvalue weighted by atomic mass is 10.2. The summed E-state index contributed by atoms with van der Waals surface area (Å²) in [5.41, 5.74) is 0. The minimum Gasteiger partial charge on any atom is -0.466 e. The van der Waals surface area contributed by atoms with Gasteiger partial charge in [0, 0.05) is 0 Å². The van der Waals surface area contributed by atoms with Gasteiger partial charge in [0.25, 0.3) is 0 Å². The van der Waals surface area contributed by atoms with Crippen molar-refractivity contribution in [1.29, 1.82) is 0 Å². The molecule has 0 rings (SSSR count).